The Bertz CT molecular complexity index is 1010. The summed E-state index contributed by atoms with van der Waals surface area (Å²) in [4.78, 5) is 27.0. The van der Waals surface area contributed by atoms with Gasteiger partial charge in [-0.3, -0.25) is 9.59 Å². The molecule has 0 spiro atoms. The lowest BCUT2D eigenvalue weighted by molar-refractivity contribution is -0.137. The minimum atomic E-state index is -0.343. The molecule has 1 aliphatic rings. The molecule has 0 atom stereocenters. The first-order valence-electron chi connectivity index (χ1n) is 7.45. The predicted octanol–water partition coefficient (Wildman–Crippen LogP) is 1.61. The Kier molecular flexibility index (Phi) is 3.61. The Morgan fingerprint density at radius 2 is 2.29 bits per heavy atom. The highest BCUT2D eigenvalue weighted by atomic mass is 32.2. The van der Waals surface area contributed by atoms with E-state index in [-0.39, 0.29) is 17.3 Å². The number of carbonyl (C=O) groups excluding carboxylic acids is 1. The van der Waals surface area contributed by atoms with Gasteiger partial charge in [-0.15, -0.1) is 10.2 Å². The summed E-state index contributed by atoms with van der Waals surface area (Å²) in [6, 6.07) is 7.89. The normalized spacial score (nSPS) is 12.7. The molecular weight excluding hydrogens is 328 g/mol. The van der Waals surface area contributed by atoms with Gasteiger partial charge < -0.3 is 14.3 Å². The molecule has 0 fully saturated rings. The van der Waals surface area contributed by atoms with E-state index in [9.17, 15) is 9.59 Å². The Hall–Kier alpha value is -2.61. The topological polar surface area (TPSA) is 89.9 Å². The Morgan fingerprint density at radius 1 is 1.42 bits per heavy atom. The van der Waals surface area contributed by atoms with E-state index in [2.05, 4.69) is 26.0 Å². The van der Waals surface area contributed by atoms with Gasteiger partial charge in [0.1, 0.15) is 0 Å². The van der Waals surface area contributed by atoms with Gasteiger partial charge in [0.15, 0.2) is 11.0 Å². The summed E-state index contributed by atoms with van der Waals surface area (Å²) in [6.45, 7) is 0.681. The number of benzene rings is 1. The zero-order valence-electron chi connectivity index (χ0n) is 12.9. The van der Waals surface area contributed by atoms with Crippen molar-refractivity contribution in [2.45, 2.75) is 18.1 Å². The highest BCUT2D eigenvalue weighted by Gasteiger charge is 2.20. The van der Waals surface area contributed by atoms with Crippen LogP contribution in [0.1, 0.15) is 5.56 Å². The number of hydrogen-bond donors (Lipinski definition) is 1. The zero-order chi connectivity index (χ0) is 16.7. The van der Waals surface area contributed by atoms with E-state index >= 15 is 0 Å². The van der Waals surface area contributed by atoms with Gasteiger partial charge in [0.25, 0.3) is 5.56 Å². The first kappa shape index (κ1) is 14.9. The number of methoxy groups -OCH3 is 1. The van der Waals surface area contributed by atoms with Crippen molar-refractivity contribution < 1.29 is 9.53 Å². The number of ether oxygens (including phenoxy) is 1. The fraction of sp³-hybridized carbons (Fsp3) is 0.250. The molecule has 24 heavy (non-hydrogen) atoms. The monoisotopic (exact) mass is 342 g/mol. The minimum absolute atomic E-state index is 0.0758. The van der Waals surface area contributed by atoms with Crippen LogP contribution in [0.2, 0.25) is 0 Å². The quantitative estimate of drug-likeness (QED) is 0.572. The lowest BCUT2D eigenvalue weighted by atomic mass is 10.1. The summed E-state index contributed by atoms with van der Waals surface area (Å²) in [5.74, 6) is 0.205. The van der Waals surface area contributed by atoms with Crippen LogP contribution in [-0.4, -0.2) is 38.6 Å². The summed E-state index contributed by atoms with van der Waals surface area (Å²) in [5, 5.41) is 9.54. The largest absolute Gasteiger partial charge is 0.468 e. The zero-order valence-corrected chi connectivity index (χ0v) is 13.7. The molecule has 0 unspecified atom stereocenters. The lowest BCUT2D eigenvalue weighted by Gasteiger charge is -2.06. The molecule has 0 radical (unpaired) electrons. The van der Waals surface area contributed by atoms with E-state index in [1.54, 1.807) is 4.57 Å². The number of aryl methyl sites for hydroxylation is 2. The van der Waals surface area contributed by atoms with Crippen molar-refractivity contribution in [1.29, 1.82) is 0 Å². The first-order chi connectivity index (χ1) is 11.7. The molecule has 0 aliphatic carbocycles. The lowest BCUT2D eigenvalue weighted by Crippen LogP contribution is -2.20. The van der Waals surface area contributed by atoms with Gasteiger partial charge in [-0.1, -0.05) is 30.0 Å². The second-order valence-electron chi connectivity index (χ2n) is 5.46. The average Bonchev–Trinajstić information content (AvgIpc) is 3.24. The molecule has 122 valence electrons. The van der Waals surface area contributed by atoms with Crippen LogP contribution in [0.25, 0.3) is 22.3 Å². The van der Waals surface area contributed by atoms with Gasteiger partial charge in [0, 0.05) is 6.54 Å². The molecule has 3 aromatic rings. The molecule has 0 bridgehead atoms. The highest BCUT2D eigenvalue weighted by molar-refractivity contribution is 7.99. The van der Waals surface area contributed by atoms with Crippen LogP contribution >= 0.6 is 11.8 Å². The third-order valence-corrected chi connectivity index (χ3v) is 4.91. The van der Waals surface area contributed by atoms with E-state index in [0.717, 1.165) is 17.3 Å². The van der Waals surface area contributed by atoms with Crippen LogP contribution in [0, 0.1) is 0 Å². The van der Waals surface area contributed by atoms with Crippen molar-refractivity contribution in [3.63, 3.8) is 0 Å². The minimum Gasteiger partial charge on any atom is -0.468 e. The number of H-pyrrole nitrogens is 1. The fourth-order valence-electron chi connectivity index (χ4n) is 2.96. The second kappa shape index (κ2) is 5.79. The summed E-state index contributed by atoms with van der Waals surface area (Å²) in [5.41, 5.74) is 2.61. The number of esters is 1. The number of rotatable bonds is 4. The number of para-hydroxylation sites is 1. The predicted molar refractivity (Wildman–Crippen MR) is 90.0 cm³/mol. The molecule has 3 heterocycles. The Labute approximate surface area is 141 Å². The summed E-state index contributed by atoms with van der Waals surface area (Å²) in [6.07, 6.45) is 0.868. The highest BCUT2D eigenvalue weighted by Crippen LogP contribution is 2.27. The van der Waals surface area contributed by atoms with Gasteiger partial charge in [-0.2, -0.15) is 0 Å². The van der Waals surface area contributed by atoms with Crippen molar-refractivity contribution in [2.24, 2.45) is 0 Å². The SMILES string of the molecule is COC(=O)CSc1nnc(-c2cc3cccc4c3n(c2=O)CC4)[nH]1. The Morgan fingerprint density at radius 3 is 3.12 bits per heavy atom. The molecule has 0 saturated carbocycles. The number of aromatic nitrogens is 4. The molecule has 0 amide bonds. The van der Waals surface area contributed by atoms with Gasteiger partial charge >= 0.3 is 5.97 Å². The molecule has 2 aromatic heterocycles. The van der Waals surface area contributed by atoms with Gasteiger partial charge in [-0.05, 0) is 23.4 Å². The van der Waals surface area contributed by atoms with E-state index in [1.165, 1.54) is 24.4 Å². The summed E-state index contributed by atoms with van der Waals surface area (Å²) >= 11 is 1.19. The van der Waals surface area contributed by atoms with Crippen LogP contribution < -0.4 is 5.56 Å². The maximum absolute atomic E-state index is 12.8. The number of carbonyl (C=O) groups is 1. The number of nitrogens with one attached hydrogen (secondary N) is 1. The molecule has 8 heteroatoms. The first-order valence-corrected chi connectivity index (χ1v) is 8.44. The molecule has 7 nitrogen and oxygen atoms in total. The van der Waals surface area contributed by atoms with Gasteiger partial charge in [0.05, 0.1) is 23.9 Å². The van der Waals surface area contributed by atoms with E-state index in [1.807, 2.05) is 18.2 Å². The van der Waals surface area contributed by atoms with Crippen LogP contribution in [0.4, 0.5) is 0 Å². The molecule has 1 N–H and O–H groups in total. The van der Waals surface area contributed by atoms with Crippen LogP contribution in [0.5, 0.6) is 0 Å². The molecular formula is C16H14N4O3S. The fourth-order valence-corrected chi connectivity index (χ4v) is 3.60. The van der Waals surface area contributed by atoms with Crippen molar-refractivity contribution >= 4 is 28.6 Å². The smallest absolute Gasteiger partial charge is 0.316 e. The summed E-state index contributed by atoms with van der Waals surface area (Å²) in [7, 11) is 1.34. The standard InChI is InChI=1S/C16H14N4O3S/c1-23-12(21)8-24-16-17-14(18-19-16)11-7-10-4-2-3-9-5-6-20(13(9)10)15(11)22/h2-4,7H,5-6,8H2,1H3,(H,17,18,19). The average molecular weight is 342 g/mol. The van der Waals surface area contributed by atoms with E-state index in [4.69, 9.17) is 0 Å². The van der Waals surface area contributed by atoms with Crippen molar-refractivity contribution in [2.75, 3.05) is 12.9 Å². The van der Waals surface area contributed by atoms with E-state index < -0.39 is 0 Å². The number of pyridine rings is 1. The van der Waals surface area contributed by atoms with Crippen molar-refractivity contribution in [3.05, 3.63) is 40.2 Å². The van der Waals surface area contributed by atoms with Crippen LogP contribution in [0.15, 0.2) is 34.2 Å². The molecule has 0 saturated heterocycles. The van der Waals surface area contributed by atoms with Gasteiger partial charge in [0.2, 0.25) is 0 Å². The van der Waals surface area contributed by atoms with Crippen molar-refractivity contribution in [1.82, 2.24) is 19.7 Å². The number of aromatic amines is 1. The van der Waals surface area contributed by atoms with Crippen LogP contribution in [0.3, 0.4) is 0 Å². The van der Waals surface area contributed by atoms with Gasteiger partial charge in [-0.25, -0.2) is 0 Å². The second-order valence-corrected chi connectivity index (χ2v) is 6.43. The van der Waals surface area contributed by atoms with E-state index in [0.29, 0.717) is 23.1 Å². The third kappa shape index (κ3) is 2.39. The third-order valence-electron chi connectivity index (χ3n) is 4.08. The number of nitrogens with zero attached hydrogens (tertiary/aromatic N) is 3. The van der Waals surface area contributed by atoms with Crippen LogP contribution in [-0.2, 0) is 22.5 Å². The number of hydrogen-bond acceptors (Lipinski definition) is 6. The maximum Gasteiger partial charge on any atom is 0.316 e. The summed E-state index contributed by atoms with van der Waals surface area (Å²) < 4.78 is 6.39. The molecule has 4 rings (SSSR count). The Balaban J connectivity index is 1.73. The number of thioether (sulfide) groups is 1. The molecule has 1 aromatic carbocycles. The molecule has 1 aliphatic heterocycles. The van der Waals surface area contributed by atoms with Crippen molar-refractivity contribution in [3.8, 4) is 11.4 Å². The maximum atomic E-state index is 12.8.